The molecule has 6 heteroatoms. The van der Waals surface area contributed by atoms with Gasteiger partial charge in [0.25, 0.3) is 5.91 Å². The molecular formula is C14H17N3O2S. The maximum Gasteiger partial charge on any atom is 0.269 e. The lowest BCUT2D eigenvalue weighted by Gasteiger charge is -2.16. The molecule has 0 bridgehead atoms. The predicted molar refractivity (Wildman–Crippen MR) is 79.4 cm³/mol. The SMILES string of the molecule is Cc1ccc(NC(=O)c2snnc2C(C)(C)C)cc1O. The highest BCUT2D eigenvalue weighted by Crippen LogP contribution is 2.27. The Morgan fingerprint density at radius 1 is 1.35 bits per heavy atom. The van der Waals surface area contributed by atoms with E-state index in [1.54, 1.807) is 19.1 Å². The fourth-order valence-electron chi connectivity index (χ4n) is 1.71. The summed E-state index contributed by atoms with van der Waals surface area (Å²) < 4.78 is 3.86. The highest BCUT2D eigenvalue weighted by molar-refractivity contribution is 7.08. The van der Waals surface area contributed by atoms with E-state index in [9.17, 15) is 9.90 Å². The van der Waals surface area contributed by atoms with Gasteiger partial charge in [0.15, 0.2) is 0 Å². The molecule has 2 aromatic rings. The van der Waals surface area contributed by atoms with E-state index in [1.807, 2.05) is 20.8 Å². The molecule has 2 N–H and O–H groups in total. The molecule has 0 saturated carbocycles. The summed E-state index contributed by atoms with van der Waals surface area (Å²) >= 11 is 1.08. The van der Waals surface area contributed by atoms with Gasteiger partial charge in [0, 0.05) is 17.2 Å². The first-order valence-electron chi connectivity index (χ1n) is 6.23. The lowest BCUT2D eigenvalue weighted by Crippen LogP contribution is -2.19. The van der Waals surface area contributed by atoms with Crippen molar-refractivity contribution in [1.29, 1.82) is 0 Å². The average Bonchev–Trinajstić information content (AvgIpc) is 2.83. The van der Waals surface area contributed by atoms with Gasteiger partial charge in [0.2, 0.25) is 0 Å². The van der Waals surface area contributed by atoms with E-state index in [0.29, 0.717) is 16.3 Å². The van der Waals surface area contributed by atoms with Crippen LogP contribution >= 0.6 is 11.5 Å². The molecule has 1 aromatic carbocycles. The zero-order chi connectivity index (χ0) is 14.9. The number of aromatic nitrogens is 2. The molecule has 2 rings (SSSR count). The maximum atomic E-state index is 12.3. The van der Waals surface area contributed by atoms with Crippen molar-refractivity contribution in [2.75, 3.05) is 5.32 Å². The van der Waals surface area contributed by atoms with Gasteiger partial charge >= 0.3 is 0 Å². The number of hydrogen-bond donors (Lipinski definition) is 2. The van der Waals surface area contributed by atoms with Crippen molar-refractivity contribution in [3.63, 3.8) is 0 Å². The normalized spacial score (nSPS) is 11.4. The van der Waals surface area contributed by atoms with Crippen molar-refractivity contribution in [3.05, 3.63) is 34.3 Å². The number of nitrogens with zero attached hydrogens (tertiary/aromatic N) is 2. The van der Waals surface area contributed by atoms with Crippen LogP contribution in [0.2, 0.25) is 0 Å². The largest absolute Gasteiger partial charge is 0.508 e. The van der Waals surface area contributed by atoms with Gasteiger partial charge in [-0.05, 0) is 30.1 Å². The number of rotatable bonds is 2. The van der Waals surface area contributed by atoms with E-state index >= 15 is 0 Å². The molecule has 0 radical (unpaired) electrons. The molecule has 0 spiro atoms. The summed E-state index contributed by atoms with van der Waals surface area (Å²) in [5.41, 5.74) is 1.75. The minimum Gasteiger partial charge on any atom is -0.508 e. The molecule has 1 aromatic heterocycles. The molecular weight excluding hydrogens is 274 g/mol. The third-order valence-electron chi connectivity index (χ3n) is 2.87. The molecule has 0 saturated heterocycles. The van der Waals surface area contributed by atoms with E-state index in [0.717, 1.165) is 17.1 Å². The molecule has 0 atom stereocenters. The molecule has 1 amide bonds. The van der Waals surface area contributed by atoms with Gasteiger partial charge < -0.3 is 10.4 Å². The summed E-state index contributed by atoms with van der Waals surface area (Å²) in [4.78, 5) is 12.8. The number of phenolic OH excluding ortho intramolecular Hbond substituents is 1. The quantitative estimate of drug-likeness (QED) is 0.891. The van der Waals surface area contributed by atoms with Crippen LogP contribution in [0.25, 0.3) is 0 Å². The number of benzene rings is 1. The predicted octanol–water partition coefficient (Wildman–Crippen LogP) is 3.10. The summed E-state index contributed by atoms with van der Waals surface area (Å²) in [5.74, 6) is -0.102. The average molecular weight is 291 g/mol. The Morgan fingerprint density at radius 2 is 2.05 bits per heavy atom. The third-order valence-corrected chi connectivity index (χ3v) is 3.60. The topological polar surface area (TPSA) is 75.1 Å². The molecule has 0 aliphatic rings. The van der Waals surface area contributed by atoms with Gasteiger partial charge in [-0.15, -0.1) is 5.10 Å². The molecule has 0 aliphatic heterocycles. The van der Waals surface area contributed by atoms with Crippen molar-refractivity contribution in [2.24, 2.45) is 0 Å². The first kappa shape index (κ1) is 14.5. The Balaban J connectivity index is 2.25. The number of carbonyl (C=O) groups excluding carboxylic acids is 1. The van der Waals surface area contributed by atoms with Crippen LogP contribution < -0.4 is 5.32 Å². The minimum atomic E-state index is -0.256. The van der Waals surface area contributed by atoms with Gasteiger partial charge in [-0.3, -0.25) is 4.79 Å². The zero-order valence-corrected chi connectivity index (χ0v) is 12.7. The van der Waals surface area contributed by atoms with Crippen LogP contribution in [0.15, 0.2) is 18.2 Å². The summed E-state index contributed by atoms with van der Waals surface area (Å²) in [6.07, 6.45) is 0. The monoisotopic (exact) mass is 291 g/mol. The number of nitrogens with one attached hydrogen (secondary N) is 1. The Bertz CT molecular complexity index is 644. The molecule has 0 unspecified atom stereocenters. The van der Waals surface area contributed by atoms with Crippen molar-refractivity contribution >= 4 is 23.1 Å². The molecule has 106 valence electrons. The number of anilines is 1. The standard InChI is InChI=1S/C14H17N3O2S/c1-8-5-6-9(7-10(8)18)15-13(19)11-12(14(2,3)4)16-17-20-11/h5-7,18H,1-4H3,(H,15,19). The van der Waals surface area contributed by atoms with E-state index in [-0.39, 0.29) is 17.1 Å². The first-order chi connectivity index (χ1) is 9.29. The third kappa shape index (κ3) is 2.96. The molecule has 20 heavy (non-hydrogen) atoms. The highest BCUT2D eigenvalue weighted by atomic mass is 32.1. The summed E-state index contributed by atoms with van der Waals surface area (Å²) in [5, 5.41) is 16.5. The number of carbonyl (C=O) groups is 1. The second-order valence-corrected chi connectivity index (χ2v) is 6.41. The number of aromatic hydroxyl groups is 1. The number of aryl methyl sites for hydroxylation is 1. The van der Waals surface area contributed by atoms with Gasteiger partial charge in [-0.2, -0.15) is 0 Å². The second-order valence-electron chi connectivity index (χ2n) is 5.66. The lowest BCUT2D eigenvalue weighted by molar-refractivity contribution is 0.102. The smallest absolute Gasteiger partial charge is 0.269 e. The lowest BCUT2D eigenvalue weighted by atomic mass is 9.91. The first-order valence-corrected chi connectivity index (χ1v) is 7.00. The van der Waals surface area contributed by atoms with Crippen LogP contribution in [0.1, 0.15) is 41.7 Å². The molecule has 1 heterocycles. The van der Waals surface area contributed by atoms with Crippen LogP contribution in [0.4, 0.5) is 5.69 Å². The van der Waals surface area contributed by atoms with Gasteiger partial charge in [-0.1, -0.05) is 31.3 Å². The van der Waals surface area contributed by atoms with Gasteiger partial charge in [-0.25, -0.2) is 0 Å². The summed E-state index contributed by atoms with van der Waals surface area (Å²) in [7, 11) is 0. The molecule has 5 nitrogen and oxygen atoms in total. The van der Waals surface area contributed by atoms with E-state index in [2.05, 4.69) is 14.9 Å². The van der Waals surface area contributed by atoms with Gasteiger partial charge in [0.1, 0.15) is 10.6 Å². The fourth-order valence-corrected chi connectivity index (χ4v) is 2.48. The van der Waals surface area contributed by atoms with E-state index < -0.39 is 0 Å². The number of hydrogen-bond acceptors (Lipinski definition) is 5. The maximum absolute atomic E-state index is 12.3. The van der Waals surface area contributed by atoms with Gasteiger partial charge in [0.05, 0.1) is 5.69 Å². The fraction of sp³-hybridized carbons (Fsp3) is 0.357. The van der Waals surface area contributed by atoms with E-state index in [4.69, 9.17) is 0 Å². The van der Waals surface area contributed by atoms with Crippen molar-refractivity contribution in [3.8, 4) is 5.75 Å². The Labute approximate surface area is 121 Å². The second kappa shape index (κ2) is 5.20. The summed E-state index contributed by atoms with van der Waals surface area (Å²) in [6, 6.07) is 5.02. The zero-order valence-electron chi connectivity index (χ0n) is 11.9. The van der Waals surface area contributed by atoms with Crippen LogP contribution in [0, 0.1) is 6.92 Å². The molecule has 0 fully saturated rings. The van der Waals surface area contributed by atoms with Crippen molar-refractivity contribution < 1.29 is 9.90 Å². The minimum absolute atomic E-state index is 0.154. The Hall–Kier alpha value is -1.95. The Kier molecular flexibility index (Phi) is 3.76. The van der Waals surface area contributed by atoms with Crippen molar-refractivity contribution in [2.45, 2.75) is 33.1 Å². The Morgan fingerprint density at radius 3 is 2.65 bits per heavy atom. The van der Waals surface area contributed by atoms with Crippen LogP contribution in [0.5, 0.6) is 5.75 Å². The van der Waals surface area contributed by atoms with E-state index in [1.165, 1.54) is 6.07 Å². The van der Waals surface area contributed by atoms with Crippen LogP contribution in [-0.4, -0.2) is 20.6 Å². The highest BCUT2D eigenvalue weighted by Gasteiger charge is 2.26. The van der Waals surface area contributed by atoms with Crippen molar-refractivity contribution in [1.82, 2.24) is 9.59 Å². The number of phenols is 1. The summed E-state index contributed by atoms with van der Waals surface area (Å²) in [6.45, 7) is 7.75. The molecule has 0 aliphatic carbocycles. The van der Waals surface area contributed by atoms with Crippen LogP contribution in [-0.2, 0) is 5.41 Å². The van der Waals surface area contributed by atoms with Crippen LogP contribution in [0.3, 0.4) is 0 Å². The number of amides is 1.